The summed E-state index contributed by atoms with van der Waals surface area (Å²) in [7, 11) is 0. The standard InChI is InChI=1S/C15H22N4/c16-6-13-7-17-8-18-15(13)19-14-11-2-9-1-10(4-11)5-12(14)3-9/h7-12,14H,1-6,16H2,(H,17,18,19). The first-order chi connectivity index (χ1) is 9.33. The SMILES string of the molecule is NCc1cncnc1NC1C2CC3CC(C2)CC1C3. The molecule has 0 atom stereocenters. The maximum Gasteiger partial charge on any atom is 0.134 e. The Morgan fingerprint density at radius 3 is 2.42 bits per heavy atom. The quantitative estimate of drug-likeness (QED) is 0.872. The molecule has 1 heterocycles. The topological polar surface area (TPSA) is 63.8 Å². The molecular formula is C15H22N4. The van der Waals surface area contributed by atoms with Crippen molar-refractivity contribution in [1.29, 1.82) is 0 Å². The molecule has 1 aromatic rings. The van der Waals surface area contributed by atoms with Gasteiger partial charge in [0, 0.05) is 24.3 Å². The average Bonchev–Trinajstić information content (AvgIpc) is 2.42. The van der Waals surface area contributed by atoms with Gasteiger partial charge < -0.3 is 11.1 Å². The van der Waals surface area contributed by atoms with Gasteiger partial charge in [-0.1, -0.05) is 0 Å². The molecule has 0 amide bonds. The van der Waals surface area contributed by atoms with Gasteiger partial charge in [0.15, 0.2) is 0 Å². The van der Waals surface area contributed by atoms with Gasteiger partial charge in [-0.3, -0.25) is 0 Å². The second kappa shape index (κ2) is 4.44. The van der Waals surface area contributed by atoms with Crippen LogP contribution in [0.15, 0.2) is 12.5 Å². The third-order valence-electron chi connectivity index (χ3n) is 5.54. The Morgan fingerprint density at radius 1 is 1.11 bits per heavy atom. The number of nitrogens with two attached hydrogens (primary N) is 1. The first-order valence-corrected chi connectivity index (χ1v) is 7.59. The van der Waals surface area contributed by atoms with E-state index in [-0.39, 0.29) is 0 Å². The summed E-state index contributed by atoms with van der Waals surface area (Å²) < 4.78 is 0. The summed E-state index contributed by atoms with van der Waals surface area (Å²) in [5, 5.41) is 3.71. The van der Waals surface area contributed by atoms with Crippen LogP contribution >= 0.6 is 0 Å². The molecule has 4 fully saturated rings. The number of anilines is 1. The number of aromatic nitrogens is 2. The fraction of sp³-hybridized carbons (Fsp3) is 0.733. The molecule has 4 bridgehead atoms. The number of hydrogen-bond acceptors (Lipinski definition) is 4. The highest BCUT2D eigenvalue weighted by molar-refractivity contribution is 5.43. The van der Waals surface area contributed by atoms with Crippen molar-refractivity contribution in [1.82, 2.24) is 9.97 Å². The molecule has 0 saturated heterocycles. The maximum atomic E-state index is 5.78. The minimum atomic E-state index is 0.510. The fourth-order valence-corrected chi connectivity index (χ4v) is 4.96. The Balaban J connectivity index is 1.57. The van der Waals surface area contributed by atoms with Crippen LogP contribution in [0.4, 0.5) is 5.82 Å². The van der Waals surface area contributed by atoms with E-state index < -0.39 is 0 Å². The van der Waals surface area contributed by atoms with Gasteiger partial charge in [-0.05, 0) is 55.8 Å². The van der Waals surface area contributed by atoms with Gasteiger partial charge in [0.1, 0.15) is 12.1 Å². The largest absolute Gasteiger partial charge is 0.366 e. The van der Waals surface area contributed by atoms with E-state index in [0.717, 1.165) is 35.1 Å². The second-order valence-electron chi connectivity index (χ2n) is 6.70. The van der Waals surface area contributed by atoms with Gasteiger partial charge >= 0.3 is 0 Å². The zero-order chi connectivity index (χ0) is 12.8. The molecule has 4 aliphatic rings. The minimum absolute atomic E-state index is 0.510. The molecule has 19 heavy (non-hydrogen) atoms. The lowest BCUT2D eigenvalue weighted by Crippen LogP contribution is -2.51. The van der Waals surface area contributed by atoms with Crippen LogP contribution in [-0.4, -0.2) is 16.0 Å². The minimum Gasteiger partial charge on any atom is -0.366 e. The molecular weight excluding hydrogens is 236 g/mol. The van der Waals surface area contributed by atoms with Crippen LogP contribution in [0.25, 0.3) is 0 Å². The molecule has 0 radical (unpaired) electrons. The highest BCUT2D eigenvalue weighted by Crippen LogP contribution is 2.54. The highest BCUT2D eigenvalue weighted by atomic mass is 15.1. The summed E-state index contributed by atoms with van der Waals surface area (Å²) in [6.07, 6.45) is 10.7. The second-order valence-corrected chi connectivity index (χ2v) is 6.70. The number of nitrogens with zero attached hydrogens (tertiary/aromatic N) is 2. The molecule has 4 nitrogen and oxygen atoms in total. The predicted molar refractivity (Wildman–Crippen MR) is 74.4 cm³/mol. The Hall–Kier alpha value is -1.16. The molecule has 5 rings (SSSR count). The monoisotopic (exact) mass is 258 g/mol. The predicted octanol–water partition coefficient (Wildman–Crippen LogP) is 2.17. The zero-order valence-corrected chi connectivity index (χ0v) is 11.3. The van der Waals surface area contributed by atoms with Gasteiger partial charge in [0.25, 0.3) is 0 Å². The zero-order valence-electron chi connectivity index (χ0n) is 11.3. The van der Waals surface area contributed by atoms with Gasteiger partial charge in [-0.15, -0.1) is 0 Å². The number of rotatable bonds is 3. The van der Waals surface area contributed by atoms with Crippen molar-refractivity contribution < 1.29 is 0 Å². The average molecular weight is 258 g/mol. The maximum absolute atomic E-state index is 5.78. The van der Waals surface area contributed by atoms with E-state index >= 15 is 0 Å². The highest BCUT2D eigenvalue weighted by Gasteiger charge is 2.48. The van der Waals surface area contributed by atoms with Crippen molar-refractivity contribution in [2.45, 2.75) is 44.7 Å². The van der Waals surface area contributed by atoms with Gasteiger partial charge in [-0.25, -0.2) is 9.97 Å². The smallest absolute Gasteiger partial charge is 0.134 e. The van der Waals surface area contributed by atoms with Crippen molar-refractivity contribution in [3.8, 4) is 0 Å². The van der Waals surface area contributed by atoms with E-state index in [9.17, 15) is 0 Å². The molecule has 0 aromatic carbocycles. The van der Waals surface area contributed by atoms with Crippen molar-refractivity contribution in [3.63, 3.8) is 0 Å². The van der Waals surface area contributed by atoms with Crippen LogP contribution in [-0.2, 0) is 6.54 Å². The van der Waals surface area contributed by atoms with Crippen molar-refractivity contribution >= 4 is 5.82 Å². The van der Waals surface area contributed by atoms with E-state index in [0.29, 0.717) is 12.6 Å². The Labute approximate surface area is 114 Å². The lowest BCUT2D eigenvalue weighted by atomic mass is 9.54. The van der Waals surface area contributed by atoms with Crippen LogP contribution < -0.4 is 11.1 Å². The third kappa shape index (κ3) is 1.93. The van der Waals surface area contributed by atoms with E-state index in [1.54, 1.807) is 6.33 Å². The van der Waals surface area contributed by atoms with E-state index in [1.165, 1.54) is 32.1 Å². The molecule has 0 spiro atoms. The first-order valence-electron chi connectivity index (χ1n) is 7.59. The summed E-state index contributed by atoms with van der Waals surface area (Å²) in [6, 6.07) is 0.619. The summed E-state index contributed by atoms with van der Waals surface area (Å²) >= 11 is 0. The molecule has 0 unspecified atom stereocenters. The van der Waals surface area contributed by atoms with Crippen molar-refractivity contribution in [2.75, 3.05) is 5.32 Å². The van der Waals surface area contributed by atoms with Crippen LogP contribution in [0.5, 0.6) is 0 Å². The molecule has 102 valence electrons. The van der Waals surface area contributed by atoms with Crippen LogP contribution in [0, 0.1) is 23.7 Å². The van der Waals surface area contributed by atoms with Crippen LogP contribution in [0.3, 0.4) is 0 Å². The van der Waals surface area contributed by atoms with E-state index in [2.05, 4.69) is 15.3 Å². The summed E-state index contributed by atoms with van der Waals surface area (Å²) in [5.41, 5.74) is 6.82. The van der Waals surface area contributed by atoms with Gasteiger partial charge in [-0.2, -0.15) is 0 Å². The molecule has 4 aliphatic carbocycles. The number of hydrogen-bond donors (Lipinski definition) is 2. The lowest BCUT2D eigenvalue weighted by Gasteiger charge is -2.54. The normalized spacial score (nSPS) is 39.5. The summed E-state index contributed by atoms with van der Waals surface area (Å²) in [6.45, 7) is 0.510. The molecule has 4 heteroatoms. The Kier molecular flexibility index (Phi) is 2.72. The first kappa shape index (κ1) is 11.6. The van der Waals surface area contributed by atoms with Crippen molar-refractivity contribution in [3.05, 3.63) is 18.1 Å². The van der Waals surface area contributed by atoms with Crippen LogP contribution in [0.1, 0.15) is 37.7 Å². The van der Waals surface area contributed by atoms with E-state index in [4.69, 9.17) is 5.73 Å². The molecule has 0 aliphatic heterocycles. The Morgan fingerprint density at radius 2 is 1.79 bits per heavy atom. The number of nitrogens with one attached hydrogen (secondary N) is 1. The Bertz CT molecular complexity index is 445. The third-order valence-corrected chi connectivity index (χ3v) is 5.54. The fourth-order valence-electron chi connectivity index (χ4n) is 4.96. The lowest BCUT2D eigenvalue weighted by molar-refractivity contribution is 0.00739. The molecule has 4 saturated carbocycles. The molecule has 3 N–H and O–H groups in total. The van der Waals surface area contributed by atoms with Crippen molar-refractivity contribution in [2.24, 2.45) is 29.4 Å². The van der Waals surface area contributed by atoms with E-state index in [1.807, 2.05) is 6.20 Å². The summed E-state index contributed by atoms with van der Waals surface area (Å²) in [4.78, 5) is 8.47. The summed E-state index contributed by atoms with van der Waals surface area (Å²) in [5.74, 6) is 4.71. The molecule has 1 aromatic heterocycles. The van der Waals surface area contributed by atoms with Crippen LogP contribution in [0.2, 0.25) is 0 Å². The van der Waals surface area contributed by atoms with Gasteiger partial charge in [0.05, 0.1) is 0 Å². The van der Waals surface area contributed by atoms with Gasteiger partial charge in [0.2, 0.25) is 0 Å².